The van der Waals surface area contributed by atoms with Gasteiger partial charge in [0.1, 0.15) is 22.3 Å². The Morgan fingerprint density at radius 2 is 1.90 bits per heavy atom. The van der Waals surface area contributed by atoms with Gasteiger partial charge < -0.3 is 10.5 Å². The van der Waals surface area contributed by atoms with Crippen molar-refractivity contribution in [1.29, 1.82) is 0 Å². The molecule has 0 fully saturated rings. The first-order valence-corrected chi connectivity index (χ1v) is 6.51. The first kappa shape index (κ1) is 14.4. The van der Waals surface area contributed by atoms with Gasteiger partial charge in [0.05, 0.1) is 11.3 Å². The van der Waals surface area contributed by atoms with Crippen LogP contribution in [0.15, 0.2) is 24.3 Å². The predicted octanol–water partition coefficient (Wildman–Crippen LogP) is 3.57. The molecule has 0 spiro atoms. The summed E-state index contributed by atoms with van der Waals surface area (Å²) in [5.74, 6) is 0.803. The average molecular weight is 290 g/mol. The van der Waals surface area contributed by atoms with Crippen molar-refractivity contribution in [3.05, 3.63) is 52.6 Å². The van der Waals surface area contributed by atoms with E-state index in [1.165, 1.54) is 12.1 Å². The molecule has 0 aliphatic heterocycles. The van der Waals surface area contributed by atoms with Gasteiger partial charge in [-0.1, -0.05) is 12.2 Å². The molecule has 1 aromatic heterocycles. The Hall–Kier alpha value is -2.01. The third kappa shape index (κ3) is 2.93. The van der Waals surface area contributed by atoms with Gasteiger partial charge in [0, 0.05) is 11.8 Å². The second-order valence-electron chi connectivity index (χ2n) is 4.60. The number of nitrogens with zero attached hydrogens (tertiary/aromatic N) is 1. The molecule has 20 heavy (non-hydrogen) atoms. The lowest BCUT2D eigenvalue weighted by molar-refractivity contribution is 0.473. The van der Waals surface area contributed by atoms with Gasteiger partial charge in [-0.2, -0.15) is 0 Å². The molecular formula is C15H15FN2OS. The summed E-state index contributed by atoms with van der Waals surface area (Å²) < 4.78 is 19.0. The quantitative estimate of drug-likeness (QED) is 0.878. The monoisotopic (exact) mass is 290 g/mol. The Kier molecular flexibility index (Phi) is 3.99. The Labute approximate surface area is 122 Å². The first-order valence-electron chi connectivity index (χ1n) is 6.10. The zero-order valence-electron chi connectivity index (χ0n) is 11.5. The summed E-state index contributed by atoms with van der Waals surface area (Å²) in [4.78, 5) is 4.55. The van der Waals surface area contributed by atoms with Crippen LogP contribution in [0.1, 0.15) is 22.5 Å². The number of pyridine rings is 1. The molecular weight excluding hydrogens is 275 g/mol. The molecule has 0 bridgehead atoms. The Bertz CT molecular complexity index is 686. The molecule has 104 valence electrons. The molecule has 3 nitrogen and oxygen atoms in total. The summed E-state index contributed by atoms with van der Waals surface area (Å²) in [5, 5.41) is 0. The Morgan fingerprint density at radius 1 is 1.20 bits per heavy atom. The maximum atomic E-state index is 13.1. The van der Waals surface area contributed by atoms with E-state index in [-0.39, 0.29) is 10.8 Å². The van der Waals surface area contributed by atoms with Crippen molar-refractivity contribution in [2.75, 3.05) is 0 Å². The fraction of sp³-hybridized carbons (Fsp3) is 0.200. The minimum atomic E-state index is -0.300. The van der Waals surface area contributed by atoms with Gasteiger partial charge in [0.2, 0.25) is 0 Å². The van der Waals surface area contributed by atoms with Gasteiger partial charge in [0.15, 0.2) is 0 Å². The number of hydrogen-bond donors (Lipinski definition) is 1. The third-order valence-electron chi connectivity index (χ3n) is 2.90. The van der Waals surface area contributed by atoms with Crippen LogP contribution in [0.25, 0.3) is 0 Å². The number of rotatable bonds is 3. The molecule has 1 heterocycles. The maximum absolute atomic E-state index is 13.1. The first-order chi connectivity index (χ1) is 9.38. The molecule has 0 radical (unpaired) electrons. The van der Waals surface area contributed by atoms with Gasteiger partial charge in [-0.15, -0.1) is 0 Å². The van der Waals surface area contributed by atoms with Gasteiger partial charge in [-0.25, -0.2) is 4.39 Å². The van der Waals surface area contributed by atoms with E-state index in [1.807, 2.05) is 13.8 Å². The molecule has 0 unspecified atom stereocenters. The highest BCUT2D eigenvalue weighted by atomic mass is 32.1. The third-order valence-corrected chi connectivity index (χ3v) is 3.10. The van der Waals surface area contributed by atoms with E-state index in [0.717, 1.165) is 5.69 Å². The number of ether oxygens (including phenoxy) is 1. The van der Waals surface area contributed by atoms with Gasteiger partial charge in [-0.3, -0.25) is 4.98 Å². The summed E-state index contributed by atoms with van der Waals surface area (Å²) in [6.07, 6.45) is 0. The molecule has 2 rings (SSSR count). The normalized spacial score (nSPS) is 10.4. The van der Waals surface area contributed by atoms with Crippen LogP contribution >= 0.6 is 12.2 Å². The molecule has 2 N–H and O–H groups in total. The highest BCUT2D eigenvalue weighted by Gasteiger charge is 2.14. The number of nitrogens with two attached hydrogens (primary N) is 1. The second kappa shape index (κ2) is 5.54. The molecule has 2 aromatic rings. The largest absolute Gasteiger partial charge is 0.456 e. The van der Waals surface area contributed by atoms with Crippen LogP contribution in [0.4, 0.5) is 4.39 Å². The number of aryl methyl sites for hydroxylation is 3. The minimum absolute atomic E-state index is 0.227. The van der Waals surface area contributed by atoms with Crippen LogP contribution < -0.4 is 10.5 Å². The summed E-state index contributed by atoms with van der Waals surface area (Å²) in [7, 11) is 0. The average Bonchev–Trinajstić information content (AvgIpc) is 2.31. The van der Waals surface area contributed by atoms with E-state index in [2.05, 4.69) is 4.98 Å². The Balaban J connectivity index is 2.50. The number of halogens is 1. The fourth-order valence-electron chi connectivity index (χ4n) is 2.02. The van der Waals surface area contributed by atoms with Gasteiger partial charge in [0.25, 0.3) is 0 Å². The van der Waals surface area contributed by atoms with Crippen LogP contribution in [0.3, 0.4) is 0 Å². The topological polar surface area (TPSA) is 48.1 Å². The fourth-order valence-corrected chi connectivity index (χ4v) is 2.27. The molecule has 0 aliphatic rings. The maximum Gasteiger partial charge on any atom is 0.141 e. The lowest BCUT2D eigenvalue weighted by Crippen LogP contribution is -2.14. The summed E-state index contributed by atoms with van der Waals surface area (Å²) in [5.41, 5.74) is 8.56. The van der Waals surface area contributed by atoms with Crippen LogP contribution in [-0.2, 0) is 0 Å². The molecule has 5 heteroatoms. The van der Waals surface area contributed by atoms with E-state index in [4.69, 9.17) is 22.7 Å². The van der Waals surface area contributed by atoms with Crippen molar-refractivity contribution < 1.29 is 9.13 Å². The van der Waals surface area contributed by atoms with Crippen molar-refractivity contribution in [2.24, 2.45) is 5.73 Å². The van der Waals surface area contributed by atoms with Crippen LogP contribution in [0.5, 0.6) is 11.5 Å². The van der Waals surface area contributed by atoms with E-state index >= 15 is 0 Å². The van der Waals surface area contributed by atoms with Crippen molar-refractivity contribution in [1.82, 2.24) is 4.98 Å². The van der Waals surface area contributed by atoms with E-state index in [1.54, 1.807) is 19.1 Å². The molecule has 0 amide bonds. The molecule has 0 aliphatic carbocycles. The summed E-state index contributed by atoms with van der Waals surface area (Å²) in [6, 6.07) is 6.11. The van der Waals surface area contributed by atoms with Crippen molar-refractivity contribution in [3.63, 3.8) is 0 Å². The van der Waals surface area contributed by atoms with Crippen molar-refractivity contribution >= 4 is 17.2 Å². The number of benzene rings is 1. The number of hydrogen-bond acceptors (Lipinski definition) is 3. The molecule has 0 atom stereocenters. The second-order valence-corrected chi connectivity index (χ2v) is 5.04. The minimum Gasteiger partial charge on any atom is -0.456 e. The van der Waals surface area contributed by atoms with Crippen LogP contribution in [0, 0.1) is 26.6 Å². The zero-order chi connectivity index (χ0) is 14.9. The number of thiocarbonyl (C=S) groups is 1. The summed E-state index contributed by atoms with van der Waals surface area (Å²) >= 11 is 5.05. The molecule has 0 saturated carbocycles. The predicted molar refractivity (Wildman–Crippen MR) is 80.8 cm³/mol. The Morgan fingerprint density at radius 3 is 2.50 bits per heavy atom. The smallest absolute Gasteiger partial charge is 0.141 e. The lowest BCUT2D eigenvalue weighted by atomic mass is 10.1. The summed E-state index contributed by atoms with van der Waals surface area (Å²) in [6.45, 7) is 5.46. The standard InChI is InChI=1S/C15H15FN2OS/c1-8-6-11(16)4-5-12(8)19-13-7-9(2)18-10(3)14(13)15(17)20/h4-7H,1-3H3,(H2,17,20). The van der Waals surface area contributed by atoms with E-state index < -0.39 is 0 Å². The molecule has 1 aromatic carbocycles. The lowest BCUT2D eigenvalue weighted by Gasteiger charge is -2.14. The number of aromatic nitrogens is 1. The van der Waals surface area contributed by atoms with E-state index in [9.17, 15) is 4.39 Å². The van der Waals surface area contributed by atoms with E-state index in [0.29, 0.717) is 28.3 Å². The molecule has 0 saturated heterocycles. The van der Waals surface area contributed by atoms with Crippen molar-refractivity contribution in [2.45, 2.75) is 20.8 Å². The highest BCUT2D eigenvalue weighted by Crippen LogP contribution is 2.30. The van der Waals surface area contributed by atoms with Crippen LogP contribution in [-0.4, -0.2) is 9.97 Å². The van der Waals surface area contributed by atoms with Gasteiger partial charge >= 0.3 is 0 Å². The SMILES string of the molecule is Cc1cc(Oc2ccc(F)cc2C)c(C(N)=S)c(C)n1. The van der Waals surface area contributed by atoms with Crippen LogP contribution in [0.2, 0.25) is 0 Å². The van der Waals surface area contributed by atoms with Crippen molar-refractivity contribution in [3.8, 4) is 11.5 Å². The highest BCUT2D eigenvalue weighted by molar-refractivity contribution is 7.80. The zero-order valence-corrected chi connectivity index (χ0v) is 12.3. The van der Waals surface area contributed by atoms with Gasteiger partial charge in [-0.05, 0) is 44.5 Å².